The molecule has 2 heterocycles. The number of carbonyl (C=O) groups is 1. The fraction of sp³-hybridized carbons (Fsp3) is 0.600. The summed E-state index contributed by atoms with van der Waals surface area (Å²) in [4.78, 5) is 21.2. The van der Waals surface area contributed by atoms with Gasteiger partial charge in [0.1, 0.15) is 17.7 Å². The van der Waals surface area contributed by atoms with Gasteiger partial charge in [-0.1, -0.05) is 28.9 Å². The number of oxime groups is 1. The molecule has 1 saturated heterocycles. The van der Waals surface area contributed by atoms with E-state index in [1.165, 1.54) is 0 Å². The van der Waals surface area contributed by atoms with E-state index in [9.17, 15) is 4.79 Å². The van der Waals surface area contributed by atoms with Crippen LogP contribution in [0, 0.1) is 5.92 Å². The summed E-state index contributed by atoms with van der Waals surface area (Å²) in [6.07, 6.45) is 2.89. The van der Waals surface area contributed by atoms with Gasteiger partial charge in [-0.3, -0.25) is 4.79 Å². The predicted molar refractivity (Wildman–Crippen MR) is 101 cm³/mol. The second-order valence-electron chi connectivity index (χ2n) is 8.42. The molecule has 2 atom stereocenters. The van der Waals surface area contributed by atoms with Crippen molar-refractivity contribution in [2.45, 2.75) is 71.1 Å². The van der Waals surface area contributed by atoms with E-state index >= 15 is 0 Å². The minimum absolute atomic E-state index is 0.105. The number of amides is 1. The number of benzene rings is 1. The van der Waals surface area contributed by atoms with Crippen molar-refractivity contribution in [3.63, 3.8) is 0 Å². The molecule has 2 aliphatic heterocycles. The largest absolute Gasteiger partial charge is 0.391 e. The van der Waals surface area contributed by atoms with Gasteiger partial charge < -0.3 is 9.74 Å². The summed E-state index contributed by atoms with van der Waals surface area (Å²) >= 11 is 6.00. The molecule has 0 saturated carbocycles. The molecule has 0 aromatic heterocycles. The van der Waals surface area contributed by atoms with Gasteiger partial charge in [-0.2, -0.15) is 0 Å². The Morgan fingerprint density at radius 2 is 1.72 bits per heavy atom. The van der Waals surface area contributed by atoms with Gasteiger partial charge in [-0.15, -0.1) is 0 Å². The van der Waals surface area contributed by atoms with Crippen molar-refractivity contribution in [1.29, 1.82) is 0 Å². The number of nitrogens with zero attached hydrogens (tertiary/aromatic N) is 2. The molecule has 0 bridgehead atoms. The highest BCUT2D eigenvalue weighted by Gasteiger charge is 2.49. The Labute approximate surface area is 155 Å². The first-order chi connectivity index (χ1) is 11.6. The first-order valence-electron chi connectivity index (χ1n) is 8.97. The molecule has 5 heteroatoms. The Morgan fingerprint density at radius 1 is 1.16 bits per heavy atom. The maximum Gasteiger partial charge on any atom is 0.236 e. The summed E-state index contributed by atoms with van der Waals surface area (Å²) in [6, 6.07) is 7.43. The average Bonchev–Trinajstić information content (AvgIpc) is 2.87. The van der Waals surface area contributed by atoms with Gasteiger partial charge in [-0.25, -0.2) is 0 Å². The van der Waals surface area contributed by atoms with Crippen molar-refractivity contribution in [1.82, 2.24) is 4.90 Å². The Balaban J connectivity index is 1.96. The fourth-order valence-electron chi connectivity index (χ4n) is 4.38. The van der Waals surface area contributed by atoms with Gasteiger partial charge in [-0.05, 0) is 66.0 Å². The normalized spacial score (nSPS) is 27.6. The zero-order valence-electron chi connectivity index (χ0n) is 15.7. The number of hydrogen-bond donors (Lipinski definition) is 0. The third-order valence-corrected chi connectivity index (χ3v) is 5.75. The molecule has 0 aliphatic carbocycles. The van der Waals surface area contributed by atoms with Crippen molar-refractivity contribution in [2.24, 2.45) is 11.1 Å². The molecule has 0 N–H and O–H groups in total. The molecule has 25 heavy (non-hydrogen) atoms. The van der Waals surface area contributed by atoms with E-state index < -0.39 is 5.92 Å². The molecule has 1 fully saturated rings. The fourth-order valence-corrected chi connectivity index (χ4v) is 4.51. The standard InChI is InChI=1S/C20H27ClN2O2/c1-13-16(17(22-25-13)14-7-9-15(21)10-8-14)18(24)23-19(2,3)11-6-12-20(23,4)5/h7-10,13,16H,6,11-12H2,1-5H3/t13-,16-/m1/s1. The van der Waals surface area contributed by atoms with E-state index in [2.05, 4.69) is 37.8 Å². The van der Waals surface area contributed by atoms with Crippen LogP contribution in [0.4, 0.5) is 0 Å². The van der Waals surface area contributed by atoms with Gasteiger partial charge >= 0.3 is 0 Å². The van der Waals surface area contributed by atoms with Crippen LogP contribution in [0.2, 0.25) is 5.02 Å². The minimum Gasteiger partial charge on any atom is -0.391 e. The zero-order valence-corrected chi connectivity index (χ0v) is 16.4. The summed E-state index contributed by atoms with van der Waals surface area (Å²) in [5, 5.41) is 4.90. The van der Waals surface area contributed by atoms with Crippen LogP contribution in [0.1, 0.15) is 59.4 Å². The zero-order chi connectivity index (χ0) is 18.4. The molecule has 0 radical (unpaired) electrons. The molecule has 0 spiro atoms. The molecule has 1 amide bonds. The van der Waals surface area contributed by atoms with E-state index in [1.54, 1.807) is 0 Å². The lowest BCUT2D eigenvalue weighted by molar-refractivity contribution is -0.153. The topological polar surface area (TPSA) is 41.9 Å². The average molecular weight is 363 g/mol. The minimum atomic E-state index is -0.391. The lowest BCUT2D eigenvalue weighted by Crippen LogP contribution is -2.63. The predicted octanol–water partition coefficient (Wildman–Crippen LogP) is 4.65. The number of hydrogen-bond acceptors (Lipinski definition) is 3. The Kier molecular flexibility index (Phi) is 4.61. The molecule has 3 rings (SSSR count). The lowest BCUT2D eigenvalue weighted by atomic mass is 9.77. The first-order valence-corrected chi connectivity index (χ1v) is 9.35. The smallest absolute Gasteiger partial charge is 0.236 e. The van der Waals surface area contributed by atoms with E-state index in [1.807, 2.05) is 31.2 Å². The first kappa shape index (κ1) is 18.2. The Hall–Kier alpha value is -1.55. The van der Waals surface area contributed by atoms with Gasteiger partial charge in [0.2, 0.25) is 5.91 Å². The highest BCUT2D eigenvalue weighted by molar-refractivity contribution is 6.30. The molecular weight excluding hydrogens is 336 g/mol. The van der Waals surface area contributed by atoms with Crippen molar-refractivity contribution < 1.29 is 9.63 Å². The molecule has 136 valence electrons. The van der Waals surface area contributed by atoms with Crippen molar-refractivity contribution in [3.8, 4) is 0 Å². The summed E-state index contributed by atoms with van der Waals surface area (Å²) in [5.74, 6) is -0.286. The van der Waals surface area contributed by atoms with Crippen molar-refractivity contribution in [2.75, 3.05) is 0 Å². The third-order valence-electron chi connectivity index (χ3n) is 5.50. The third kappa shape index (κ3) is 3.29. The molecule has 0 unspecified atom stereocenters. The van der Waals surface area contributed by atoms with E-state index in [4.69, 9.17) is 16.4 Å². The van der Waals surface area contributed by atoms with E-state index in [-0.39, 0.29) is 23.1 Å². The van der Waals surface area contributed by atoms with Crippen LogP contribution in [-0.4, -0.2) is 33.7 Å². The van der Waals surface area contributed by atoms with Crippen molar-refractivity contribution >= 4 is 23.2 Å². The second-order valence-corrected chi connectivity index (χ2v) is 8.86. The summed E-state index contributed by atoms with van der Waals surface area (Å²) < 4.78 is 0. The summed E-state index contributed by atoms with van der Waals surface area (Å²) in [6.45, 7) is 10.5. The number of piperidine rings is 1. The molecule has 1 aromatic carbocycles. The number of halogens is 1. The second kappa shape index (κ2) is 6.31. The highest BCUT2D eigenvalue weighted by Crippen LogP contribution is 2.40. The van der Waals surface area contributed by atoms with E-state index in [0.717, 1.165) is 24.8 Å². The molecular formula is C20H27ClN2O2. The Bertz CT molecular complexity index is 678. The van der Waals surface area contributed by atoms with Crippen LogP contribution in [0.15, 0.2) is 29.4 Å². The van der Waals surface area contributed by atoms with Crippen LogP contribution in [0.5, 0.6) is 0 Å². The molecule has 2 aliphatic rings. The lowest BCUT2D eigenvalue weighted by Gasteiger charge is -2.53. The van der Waals surface area contributed by atoms with Crippen LogP contribution in [0.3, 0.4) is 0 Å². The van der Waals surface area contributed by atoms with Crippen LogP contribution < -0.4 is 0 Å². The molecule has 4 nitrogen and oxygen atoms in total. The van der Waals surface area contributed by atoms with Crippen LogP contribution >= 0.6 is 11.6 Å². The van der Waals surface area contributed by atoms with Gasteiger partial charge in [0.15, 0.2) is 0 Å². The van der Waals surface area contributed by atoms with Crippen LogP contribution in [0.25, 0.3) is 0 Å². The van der Waals surface area contributed by atoms with Gasteiger partial charge in [0.05, 0.1) is 0 Å². The van der Waals surface area contributed by atoms with Gasteiger partial charge in [0.25, 0.3) is 0 Å². The maximum absolute atomic E-state index is 13.6. The van der Waals surface area contributed by atoms with Gasteiger partial charge in [0, 0.05) is 21.7 Å². The van der Waals surface area contributed by atoms with Crippen molar-refractivity contribution in [3.05, 3.63) is 34.9 Å². The maximum atomic E-state index is 13.6. The van der Waals surface area contributed by atoms with E-state index in [0.29, 0.717) is 10.7 Å². The number of rotatable bonds is 2. The summed E-state index contributed by atoms with van der Waals surface area (Å²) in [7, 11) is 0. The number of carbonyl (C=O) groups excluding carboxylic acids is 1. The highest BCUT2D eigenvalue weighted by atomic mass is 35.5. The molecule has 1 aromatic rings. The number of likely N-dealkylation sites (tertiary alicyclic amines) is 1. The SMILES string of the molecule is C[C@H]1ON=C(c2ccc(Cl)cc2)[C@@H]1C(=O)N1C(C)(C)CCCC1(C)C. The summed E-state index contributed by atoms with van der Waals surface area (Å²) in [5.41, 5.74) is 1.24. The quantitative estimate of drug-likeness (QED) is 0.768. The van der Waals surface area contributed by atoms with Crippen LogP contribution in [-0.2, 0) is 9.63 Å². The monoisotopic (exact) mass is 362 g/mol. The Morgan fingerprint density at radius 3 is 2.28 bits per heavy atom.